The van der Waals surface area contributed by atoms with Gasteiger partial charge >= 0.3 is 5.97 Å². The SMILES string of the molecule is NC(CCSCC(=O)NCCSc1ccccc1)C(=O)O. The summed E-state index contributed by atoms with van der Waals surface area (Å²) < 4.78 is 0. The fraction of sp³-hybridized carbons (Fsp3) is 0.429. The van der Waals surface area contributed by atoms with Gasteiger partial charge in [-0.3, -0.25) is 9.59 Å². The van der Waals surface area contributed by atoms with Crippen LogP contribution in [0.1, 0.15) is 6.42 Å². The molecule has 0 saturated carbocycles. The van der Waals surface area contributed by atoms with Crippen LogP contribution in [0.25, 0.3) is 0 Å². The lowest BCUT2D eigenvalue weighted by atomic mass is 10.2. The highest BCUT2D eigenvalue weighted by molar-refractivity contribution is 8.00. The zero-order valence-electron chi connectivity index (χ0n) is 11.7. The molecule has 0 bridgehead atoms. The Hall–Kier alpha value is -1.18. The standard InChI is InChI=1S/C14H20N2O3S2/c15-12(14(18)19)6-8-20-10-13(17)16-7-9-21-11-4-2-1-3-5-11/h1-5,12H,6-10,15H2,(H,16,17)(H,18,19). The van der Waals surface area contributed by atoms with Gasteiger partial charge in [-0.25, -0.2) is 0 Å². The maximum atomic E-state index is 11.5. The number of thioether (sulfide) groups is 2. The molecule has 0 fully saturated rings. The van der Waals surface area contributed by atoms with Crippen molar-refractivity contribution in [2.75, 3.05) is 23.8 Å². The van der Waals surface area contributed by atoms with Crippen LogP contribution in [-0.2, 0) is 9.59 Å². The maximum Gasteiger partial charge on any atom is 0.320 e. The Labute approximate surface area is 133 Å². The van der Waals surface area contributed by atoms with E-state index in [-0.39, 0.29) is 5.91 Å². The predicted molar refractivity (Wildman–Crippen MR) is 87.7 cm³/mol. The number of carbonyl (C=O) groups is 2. The van der Waals surface area contributed by atoms with Gasteiger partial charge in [0.15, 0.2) is 0 Å². The highest BCUT2D eigenvalue weighted by Gasteiger charge is 2.10. The molecule has 21 heavy (non-hydrogen) atoms. The normalized spacial score (nSPS) is 11.9. The molecule has 1 unspecified atom stereocenters. The topological polar surface area (TPSA) is 92.4 Å². The molecule has 7 heteroatoms. The first-order valence-corrected chi connectivity index (χ1v) is 8.74. The summed E-state index contributed by atoms with van der Waals surface area (Å²) >= 11 is 3.09. The van der Waals surface area contributed by atoms with Crippen LogP contribution < -0.4 is 11.1 Å². The Bertz CT molecular complexity index is 443. The lowest BCUT2D eigenvalue weighted by Gasteiger charge is -2.07. The Morgan fingerprint density at radius 3 is 2.62 bits per heavy atom. The van der Waals surface area contributed by atoms with Crippen molar-refractivity contribution in [2.24, 2.45) is 5.73 Å². The van der Waals surface area contributed by atoms with Crippen LogP contribution in [0, 0.1) is 0 Å². The Morgan fingerprint density at radius 2 is 1.95 bits per heavy atom. The largest absolute Gasteiger partial charge is 0.480 e. The van der Waals surface area contributed by atoms with Crippen molar-refractivity contribution in [3.05, 3.63) is 30.3 Å². The summed E-state index contributed by atoms with van der Waals surface area (Å²) in [5.74, 6) is 0.697. The number of carbonyl (C=O) groups excluding carboxylic acids is 1. The molecule has 0 heterocycles. The zero-order chi connectivity index (χ0) is 15.5. The van der Waals surface area contributed by atoms with E-state index in [2.05, 4.69) is 5.32 Å². The molecule has 0 aliphatic heterocycles. The number of hydrogen-bond acceptors (Lipinski definition) is 5. The fourth-order valence-electron chi connectivity index (χ4n) is 1.43. The number of aliphatic carboxylic acids is 1. The van der Waals surface area contributed by atoms with E-state index in [1.165, 1.54) is 16.7 Å². The van der Waals surface area contributed by atoms with E-state index in [9.17, 15) is 9.59 Å². The van der Waals surface area contributed by atoms with Crippen molar-refractivity contribution >= 4 is 35.4 Å². The molecular weight excluding hydrogens is 308 g/mol. The summed E-state index contributed by atoms with van der Waals surface area (Å²) in [6.07, 6.45) is 0.372. The van der Waals surface area contributed by atoms with Gasteiger partial charge in [-0.05, 0) is 24.3 Å². The van der Waals surface area contributed by atoms with Gasteiger partial charge in [0.2, 0.25) is 5.91 Å². The summed E-state index contributed by atoms with van der Waals surface area (Å²) in [5, 5.41) is 11.4. The highest BCUT2D eigenvalue weighted by atomic mass is 32.2. The second-order valence-corrected chi connectivity index (χ2v) is 6.57. The Morgan fingerprint density at radius 1 is 1.24 bits per heavy atom. The fourth-order valence-corrected chi connectivity index (χ4v) is 3.07. The summed E-state index contributed by atoms with van der Waals surface area (Å²) in [4.78, 5) is 23.2. The van der Waals surface area contributed by atoms with Gasteiger partial charge in [0, 0.05) is 17.2 Å². The summed E-state index contributed by atoms with van der Waals surface area (Å²) in [5.41, 5.74) is 5.37. The van der Waals surface area contributed by atoms with Crippen LogP contribution in [0.5, 0.6) is 0 Å². The smallest absolute Gasteiger partial charge is 0.320 e. The second-order valence-electron chi connectivity index (χ2n) is 4.30. The molecule has 0 radical (unpaired) electrons. The second kappa shape index (κ2) is 10.5. The molecule has 5 nitrogen and oxygen atoms in total. The Kier molecular flexibility index (Phi) is 8.96. The number of hydrogen-bond donors (Lipinski definition) is 3. The lowest BCUT2D eigenvalue weighted by molar-refractivity contribution is -0.138. The third-order valence-corrected chi connectivity index (χ3v) is 4.56. The molecule has 0 aromatic heterocycles. The van der Waals surface area contributed by atoms with Crippen molar-refractivity contribution in [3.8, 4) is 0 Å². The van der Waals surface area contributed by atoms with Crippen molar-refractivity contribution in [2.45, 2.75) is 17.4 Å². The van der Waals surface area contributed by atoms with Gasteiger partial charge in [0.05, 0.1) is 5.75 Å². The molecule has 0 aliphatic rings. The summed E-state index contributed by atoms with van der Waals surface area (Å²) in [6, 6.07) is 9.17. The van der Waals surface area contributed by atoms with Gasteiger partial charge in [0.25, 0.3) is 0 Å². The number of amides is 1. The first-order valence-electron chi connectivity index (χ1n) is 6.60. The Balaban J connectivity index is 2.00. The highest BCUT2D eigenvalue weighted by Crippen LogP contribution is 2.15. The van der Waals surface area contributed by atoms with Crippen LogP contribution in [0.15, 0.2) is 35.2 Å². The summed E-state index contributed by atoms with van der Waals surface area (Å²) in [6.45, 7) is 0.619. The van der Waals surface area contributed by atoms with Gasteiger partial charge in [-0.1, -0.05) is 18.2 Å². The number of benzene rings is 1. The first-order chi connectivity index (χ1) is 10.1. The van der Waals surface area contributed by atoms with E-state index >= 15 is 0 Å². The number of rotatable bonds is 10. The molecule has 1 amide bonds. The monoisotopic (exact) mass is 328 g/mol. The molecule has 0 spiro atoms. The van der Waals surface area contributed by atoms with E-state index in [4.69, 9.17) is 10.8 Å². The molecular formula is C14H20N2O3S2. The predicted octanol–water partition coefficient (Wildman–Crippen LogP) is 1.43. The number of carboxylic acids is 1. The van der Waals surface area contributed by atoms with Crippen molar-refractivity contribution in [1.29, 1.82) is 0 Å². The van der Waals surface area contributed by atoms with E-state index in [1.807, 2.05) is 30.3 Å². The van der Waals surface area contributed by atoms with Gasteiger partial charge in [0.1, 0.15) is 6.04 Å². The average molecular weight is 328 g/mol. The summed E-state index contributed by atoms with van der Waals surface area (Å²) in [7, 11) is 0. The van der Waals surface area contributed by atoms with E-state index in [0.29, 0.717) is 24.5 Å². The molecule has 1 aromatic carbocycles. The van der Waals surface area contributed by atoms with Crippen molar-refractivity contribution in [3.63, 3.8) is 0 Å². The molecule has 116 valence electrons. The minimum atomic E-state index is -1.00. The number of carboxylic acid groups (broad SMARTS) is 1. The average Bonchev–Trinajstić information content (AvgIpc) is 2.49. The van der Waals surface area contributed by atoms with E-state index in [1.54, 1.807) is 11.8 Å². The maximum absolute atomic E-state index is 11.5. The minimum Gasteiger partial charge on any atom is -0.480 e. The molecule has 1 aromatic rings. The van der Waals surface area contributed by atoms with Crippen LogP contribution in [0.2, 0.25) is 0 Å². The zero-order valence-corrected chi connectivity index (χ0v) is 13.3. The lowest BCUT2D eigenvalue weighted by Crippen LogP contribution is -2.31. The third-order valence-electron chi connectivity index (χ3n) is 2.56. The molecule has 4 N–H and O–H groups in total. The molecule has 0 aliphatic carbocycles. The van der Waals surface area contributed by atoms with Gasteiger partial charge < -0.3 is 16.2 Å². The van der Waals surface area contributed by atoms with Crippen LogP contribution >= 0.6 is 23.5 Å². The quantitative estimate of drug-likeness (QED) is 0.444. The van der Waals surface area contributed by atoms with E-state index in [0.717, 1.165) is 5.75 Å². The van der Waals surface area contributed by atoms with Crippen LogP contribution in [0.4, 0.5) is 0 Å². The minimum absolute atomic E-state index is 0.0300. The molecule has 1 rings (SSSR count). The number of nitrogens with two attached hydrogens (primary N) is 1. The molecule has 0 saturated heterocycles. The molecule has 1 atom stereocenters. The van der Waals surface area contributed by atoms with E-state index < -0.39 is 12.0 Å². The third kappa shape index (κ3) is 8.64. The van der Waals surface area contributed by atoms with Crippen molar-refractivity contribution in [1.82, 2.24) is 5.32 Å². The van der Waals surface area contributed by atoms with Crippen LogP contribution in [-0.4, -0.2) is 46.8 Å². The first kappa shape index (κ1) is 17.9. The van der Waals surface area contributed by atoms with Gasteiger partial charge in [-0.2, -0.15) is 11.8 Å². The van der Waals surface area contributed by atoms with Crippen LogP contribution in [0.3, 0.4) is 0 Å². The van der Waals surface area contributed by atoms with Crippen molar-refractivity contribution < 1.29 is 14.7 Å². The van der Waals surface area contributed by atoms with Gasteiger partial charge in [-0.15, -0.1) is 11.8 Å². The number of nitrogens with one attached hydrogen (secondary N) is 1.